The van der Waals surface area contributed by atoms with Crippen LogP contribution in [0.4, 0.5) is 0 Å². The van der Waals surface area contributed by atoms with Gasteiger partial charge in [0.25, 0.3) is 5.91 Å². The molecule has 0 radical (unpaired) electrons. The van der Waals surface area contributed by atoms with Crippen molar-refractivity contribution in [3.63, 3.8) is 0 Å². The Bertz CT molecular complexity index is 567. The maximum Gasteiger partial charge on any atom is 0.252 e. The third kappa shape index (κ3) is 2.37. The van der Waals surface area contributed by atoms with Gasteiger partial charge < -0.3 is 9.30 Å². The maximum absolute atomic E-state index is 12.4. The fourth-order valence-corrected chi connectivity index (χ4v) is 3.84. The molecule has 2 rings (SSSR count). The van der Waals surface area contributed by atoms with E-state index in [9.17, 15) is 4.79 Å². The molecular formula is C15H24N2O2S. The van der Waals surface area contributed by atoms with Crippen LogP contribution in [0.15, 0.2) is 10.4 Å². The van der Waals surface area contributed by atoms with Gasteiger partial charge in [-0.25, -0.2) is 0 Å². The van der Waals surface area contributed by atoms with E-state index in [0.29, 0.717) is 6.61 Å². The fraction of sp³-hybridized carbons (Fsp3) is 0.733. The first-order chi connectivity index (χ1) is 9.23. The Labute approximate surface area is 124 Å². The fourth-order valence-electron chi connectivity index (χ4n) is 2.93. The van der Waals surface area contributed by atoms with Crippen molar-refractivity contribution in [1.29, 1.82) is 0 Å². The molecule has 0 atom stereocenters. The number of aromatic nitrogens is 1. The molecular weight excluding hydrogens is 272 g/mol. The number of nitrogens with zero attached hydrogens (tertiary/aromatic N) is 2. The van der Waals surface area contributed by atoms with Crippen molar-refractivity contribution < 1.29 is 9.53 Å². The number of methoxy groups -OCH3 is 1. The lowest BCUT2D eigenvalue weighted by atomic mass is 10.0. The Kier molecular flexibility index (Phi) is 3.95. The molecule has 1 aromatic heterocycles. The van der Waals surface area contributed by atoms with Gasteiger partial charge in [0.2, 0.25) is 0 Å². The lowest BCUT2D eigenvalue weighted by Crippen LogP contribution is -2.21. The zero-order chi connectivity index (χ0) is 15.1. The number of aryl methyl sites for hydroxylation is 1. The van der Waals surface area contributed by atoms with Crippen molar-refractivity contribution in [2.24, 2.45) is 21.7 Å². The number of carbonyl (C=O) groups is 1. The van der Waals surface area contributed by atoms with Crippen LogP contribution in [0.2, 0.25) is 0 Å². The number of ether oxygens (including phenoxy) is 1. The van der Waals surface area contributed by atoms with Crippen LogP contribution in [-0.4, -0.2) is 24.2 Å². The standard InChI is InChI=1S/C15H24N2O2S/c1-10-9-20-13(17(10)7-8-19-6)16-12(18)11-14(2,3)15(11,4)5/h9,11H,7-8H2,1-6H3. The minimum atomic E-state index is 0.00742. The summed E-state index contributed by atoms with van der Waals surface area (Å²) in [5.41, 5.74) is 1.20. The smallest absolute Gasteiger partial charge is 0.252 e. The molecule has 1 heterocycles. The molecule has 0 N–H and O–H groups in total. The number of thiazole rings is 1. The molecule has 0 saturated heterocycles. The van der Waals surface area contributed by atoms with E-state index in [1.54, 1.807) is 7.11 Å². The van der Waals surface area contributed by atoms with Gasteiger partial charge in [-0.2, -0.15) is 4.99 Å². The highest BCUT2D eigenvalue weighted by Crippen LogP contribution is 2.68. The second kappa shape index (κ2) is 5.11. The third-order valence-electron chi connectivity index (χ3n) is 4.98. The van der Waals surface area contributed by atoms with E-state index in [2.05, 4.69) is 37.3 Å². The van der Waals surface area contributed by atoms with E-state index in [1.807, 2.05) is 12.3 Å². The van der Waals surface area contributed by atoms with Gasteiger partial charge in [-0.1, -0.05) is 27.7 Å². The molecule has 0 aromatic carbocycles. The van der Waals surface area contributed by atoms with Crippen molar-refractivity contribution in [1.82, 2.24) is 4.57 Å². The van der Waals surface area contributed by atoms with Gasteiger partial charge in [0.15, 0.2) is 4.80 Å². The Morgan fingerprint density at radius 3 is 2.50 bits per heavy atom. The molecule has 0 bridgehead atoms. The topological polar surface area (TPSA) is 43.6 Å². The predicted octanol–water partition coefficient (Wildman–Crippen LogP) is 2.61. The Balaban J connectivity index is 2.27. The van der Waals surface area contributed by atoms with Crippen LogP contribution in [0.5, 0.6) is 0 Å². The summed E-state index contributed by atoms with van der Waals surface area (Å²) in [6, 6.07) is 0. The highest BCUT2D eigenvalue weighted by atomic mass is 32.1. The van der Waals surface area contributed by atoms with Crippen LogP contribution in [0.3, 0.4) is 0 Å². The highest BCUT2D eigenvalue weighted by Gasteiger charge is 2.68. The second-order valence-corrected chi connectivity index (χ2v) is 7.47. The SMILES string of the molecule is COCCn1c(C)csc1=NC(=O)C1C(C)(C)C1(C)C. The van der Waals surface area contributed by atoms with Crippen molar-refractivity contribution >= 4 is 17.2 Å². The number of rotatable bonds is 4. The van der Waals surface area contributed by atoms with Crippen LogP contribution in [0.1, 0.15) is 33.4 Å². The van der Waals surface area contributed by atoms with E-state index >= 15 is 0 Å². The van der Waals surface area contributed by atoms with Gasteiger partial charge in [-0.05, 0) is 17.8 Å². The molecule has 1 aromatic rings. The van der Waals surface area contributed by atoms with Gasteiger partial charge in [0.05, 0.1) is 12.5 Å². The van der Waals surface area contributed by atoms with E-state index in [-0.39, 0.29) is 22.7 Å². The zero-order valence-corrected chi connectivity index (χ0v) is 14.0. The molecule has 20 heavy (non-hydrogen) atoms. The Morgan fingerprint density at radius 2 is 2.00 bits per heavy atom. The average molecular weight is 296 g/mol. The number of amides is 1. The third-order valence-corrected chi connectivity index (χ3v) is 5.97. The van der Waals surface area contributed by atoms with Gasteiger partial charge in [-0.15, -0.1) is 11.3 Å². The Morgan fingerprint density at radius 1 is 1.40 bits per heavy atom. The van der Waals surface area contributed by atoms with Gasteiger partial charge in [0, 0.05) is 24.7 Å². The lowest BCUT2D eigenvalue weighted by Gasteiger charge is -2.04. The molecule has 0 spiro atoms. The molecule has 1 saturated carbocycles. The predicted molar refractivity (Wildman–Crippen MR) is 80.5 cm³/mol. The minimum absolute atomic E-state index is 0.00742. The molecule has 1 amide bonds. The molecule has 1 fully saturated rings. The second-order valence-electron chi connectivity index (χ2n) is 6.63. The van der Waals surface area contributed by atoms with Gasteiger partial charge in [-0.3, -0.25) is 4.79 Å². The molecule has 0 aliphatic heterocycles. The molecule has 5 heteroatoms. The molecule has 1 aliphatic rings. The monoisotopic (exact) mass is 296 g/mol. The number of hydrogen-bond acceptors (Lipinski definition) is 3. The van der Waals surface area contributed by atoms with Crippen molar-refractivity contribution in [2.45, 2.75) is 41.2 Å². The lowest BCUT2D eigenvalue weighted by molar-refractivity contribution is -0.120. The summed E-state index contributed by atoms with van der Waals surface area (Å²) < 4.78 is 7.16. The summed E-state index contributed by atoms with van der Waals surface area (Å²) >= 11 is 1.52. The summed E-state index contributed by atoms with van der Waals surface area (Å²) in [6.45, 7) is 12.0. The van der Waals surface area contributed by atoms with Crippen LogP contribution < -0.4 is 4.80 Å². The van der Waals surface area contributed by atoms with Gasteiger partial charge in [0.1, 0.15) is 0 Å². The minimum Gasteiger partial charge on any atom is -0.383 e. The summed E-state index contributed by atoms with van der Waals surface area (Å²) in [5.74, 6) is 0.0290. The number of carbonyl (C=O) groups excluding carboxylic acids is 1. The van der Waals surface area contributed by atoms with Crippen LogP contribution in [0.25, 0.3) is 0 Å². The summed E-state index contributed by atoms with van der Waals surface area (Å²) in [7, 11) is 1.68. The van der Waals surface area contributed by atoms with Crippen molar-refractivity contribution in [3.8, 4) is 0 Å². The molecule has 0 unspecified atom stereocenters. The zero-order valence-electron chi connectivity index (χ0n) is 13.2. The highest BCUT2D eigenvalue weighted by molar-refractivity contribution is 7.07. The van der Waals surface area contributed by atoms with Crippen LogP contribution >= 0.6 is 11.3 Å². The van der Waals surface area contributed by atoms with Crippen molar-refractivity contribution in [3.05, 3.63) is 15.9 Å². The van der Waals surface area contributed by atoms with E-state index in [4.69, 9.17) is 4.74 Å². The summed E-state index contributed by atoms with van der Waals surface area (Å²) in [4.78, 5) is 17.6. The average Bonchev–Trinajstić information content (AvgIpc) is 2.61. The number of hydrogen-bond donors (Lipinski definition) is 0. The quantitative estimate of drug-likeness (QED) is 0.857. The van der Waals surface area contributed by atoms with Crippen LogP contribution in [-0.2, 0) is 16.1 Å². The maximum atomic E-state index is 12.4. The van der Waals surface area contributed by atoms with Crippen molar-refractivity contribution in [2.75, 3.05) is 13.7 Å². The summed E-state index contributed by atoms with van der Waals surface area (Å²) in [5, 5.41) is 2.03. The molecule has 4 nitrogen and oxygen atoms in total. The first kappa shape index (κ1) is 15.4. The van der Waals surface area contributed by atoms with Crippen LogP contribution in [0, 0.1) is 23.7 Å². The van der Waals surface area contributed by atoms with E-state index < -0.39 is 0 Å². The van der Waals surface area contributed by atoms with Gasteiger partial charge >= 0.3 is 0 Å². The van der Waals surface area contributed by atoms with E-state index in [1.165, 1.54) is 11.3 Å². The first-order valence-electron chi connectivity index (χ1n) is 6.96. The normalized spacial score (nSPS) is 21.2. The summed E-state index contributed by atoms with van der Waals surface area (Å²) in [6.07, 6.45) is 0. The largest absolute Gasteiger partial charge is 0.383 e. The molecule has 1 aliphatic carbocycles. The Hall–Kier alpha value is -0.940. The first-order valence-corrected chi connectivity index (χ1v) is 7.84. The molecule has 112 valence electrons. The van der Waals surface area contributed by atoms with E-state index in [0.717, 1.165) is 17.0 Å².